The molecular formula is C14H21N3O2. The summed E-state index contributed by atoms with van der Waals surface area (Å²) in [6, 6.07) is 5.02. The fourth-order valence-corrected chi connectivity index (χ4v) is 1.61. The number of carbonyl (C=O) groups is 1. The van der Waals surface area contributed by atoms with Crippen molar-refractivity contribution in [2.45, 2.75) is 39.8 Å². The van der Waals surface area contributed by atoms with E-state index in [1.807, 2.05) is 26.8 Å². The van der Waals surface area contributed by atoms with Crippen LogP contribution in [0.1, 0.15) is 33.0 Å². The summed E-state index contributed by atoms with van der Waals surface area (Å²) in [4.78, 5) is 14.0. The number of carbonyl (C=O) groups excluding carboxylic acids is 1. The number of nitriles is 1. The molecule has 1 heterocycles. The van der Waals surface area contributed by atoms with E-state index in [-0.39, 0.29) is 17.7 Å². The van der Waals surface area contributed by atoms with Gasteiger partial charge in [0.1, 0.15) is 5.76 Å². The lowest BCUT2D eigenvalue weighted by atomic mass is 9.86. The predicted octanol–water partition coefficient (Wildman–Crippen LogP) is 1.90. The molecular weight excluding hydrogens is 242 g/mol. The largest absolute Gasteiger partial charge is 0.467 e. The van der Waals surface area contributed by atoms with E-state index in [1.54, 1.807) is 23.3 Å². The molecule has 0 aliphatic heterocycles. The summed E-state index contributed by atoms with van der Waals surface area (Å²) in [6.07, 6.45) is 1.84. The molecule has 0 fully saturated rings. The summed E-state index contributed by atoms with van der Waals surface area (Å²) in [5.41, 5.74) is 5.68. The number of nitrogens with two attached hydrogens (primary N) is 1. The van der Waals surface area contributed by atoms with Crippen molar-refractivity contribution in [2.75, 3.05) is 6.54 Å². The minimum atomic E-state index is -0.596. The van der Waals surface area contributed by atoms with E-state index in [2.05, 4.69) is 0 Å². The highest BCUT2D eigenvalue weighted by molar-refractivity contribution is 5.82. The van der Waals surface area contributed by atoms with Crippen LogP contribution in [0.2, 0.25) is 0 Å². The summed E-state index contributed by atoms with van der Waals surface area (Å²) in [5.74, 6) is 0.534. The second kappa shape index (κ2) is 6.39. The van der Waals surface area contributed by atoms with Crippen molar-refractivity contribution in [1.82, 2.24) is 4.90 Å². The molecule has 0 bridgehead atoms. The SMILES string of the molecule is CC(C)(C)[C@@H](N)C(=O)N(CCC#N)Cc1ccco1. The number of hydrogen-bond donors (Lipinski definition) is 1. The van der Waals surface area contributed by atoms with Crippen LogP contribution < -0.4 is 5.73 Å². The molecule has 1 rings (SSSR count). The van der Waals surface area contributed by atoms with Gasteiger partial charge in [-0.1, -0.05) is 20.8 Å². The topological polar surface area (TPSA) is 83.3 Å². The van der Waals surface area contributed by atoms with Crippen molar-refractivity contribution in [3.8, 4) is 6.07 Å². The minimum Gasteiger partial charge on any atom is -0.467 e. The average molecular weight is 263 g/mol. The zero-order chi connectivity index (χ0) is 14.5. The van der Waals surface area contributed by atoms with Gasteiger partial charge in [-0.15, -0.1) is 0 Å². The maximum Gasteiger partial charge on any atom is 0.240 e. The zero-order valence-electron chi connectivity index (χ0n) is 11.7. The molecule has 0 saturated carbocycles. The van der Waals surface area contributed by atoms with Crippen LogP contribution in [0.3, 0.4) is 0 Å². The third-order valence-corrected chi connectivity index (χ3v) is 2.93. The first kappa shape index (κ1) is 15.3. The second-order valence-electron chi connectivity index (χ2n) is 5.59. The van der Waals surface area contributed by atoms with Gasteiger partial charge in [-0.05, 0) is 17.5 Å². The first-order valence-electron chi connectivity index (χ1n) is 6.30. The summed E-state index contributed by atoms with van der Waals surface area (Å²) in [6.45, 7) is 6.47. The van der Waals surface area contributed by atoms with Gasteiger partial charge in [0.2, 0.25) is 5.91 Å². The lowest BCUT2D eigenvalue weighted by molar-refractivity contribution is -0.135. The highest BCUT2D eigenvalue weighted by Gasteiger charge is 2.31. The summed E-state index contributed by atoms with van der Waals surface area (Å²) in [7, 11) is 0. The molecule has 0 saturated heterocycles. The number of nitrogens with zero attached hydrogens (tertiary/aromatic N) is 2. The number of amides is 1. The third kappa shape index (κ3) is 4.42. The van der Waals surface area contributed by atoms with E-state index in [0.29, 0.717) is 18.8 Å². The molecule has 1 atom stereocenters. The number of hydrogen-bond acceptors (Lipinski definition) is 4. The molecule has 0 spiro atoms. The third-order valence-electron chi connectivity index (χ3n) is 2.93. The Balaban J connectivity index is 2.79. The first-order chi connectivity index (χ1) is 8.86. The Morgan fingerprint density at radius 2 is 2.26 bits per heavy atom. The molecule has 5 heteroatoms. The van der Waals surface area contributed by atoms with Gasteiger partial charge in [0.05, 0.1) is 31.3 Å². The van der Waals surface area contributed by atoms with Crippen molar-refractivity contribution in [3.63, 3.8) is 0 Å². The van der Waals surface area contributed by atoms with Gasteiger partial charge in [-0.2, -0.15) is 5.26 Å². The molecule has 104 valence electrons. The van der Waals surface area contributed by atoms with Crippen LogP contribution >= 0.6 is 0 Å². The molecule has 2 N–H and O–H groups in total. The maximum atomic E-state index is 12.4. The molecule has 1 aromatic heterocycles. The molecule has 19 heavy (non-hydrogen) atoms. The fraction of sp³-hybridized carbons (Fsp3) is 0.571. The van der Waals surface area contributed by atoms with Crippen LogP contribution in [0, 0.1) is 16.7 Å². The van der Waals surface area contributed by atoms with Crippen LogP contribution in [-0.4, -0.2) is 23.4 Å². The smallest absolute Gasteiger partial charge is 0.240 e. The Kier molecular flexibility index (Phi) is 5.13. The van der Waals surface area contributed by atoms with Crippen LogP contribution in [0.5, 0.6) is 0 Å². The van der Waals surface area contributed by atoms with Crippen molar-refractivity contribution < 1.29 is 9.21 Å². The zero-order valence-corrected chi connectivity index (χ0v) is 11.7. The van der Waals surface area contributed by atoms with Gasteiger partial charge in [0.15, 0.2) is 0 Å². The summed E-state index contributed by atoms with van der Waals surface area (Å²) >= 11 is 0. The van der Waals surface area contributed by atoms with Gasteiger partial charge in [0, 0.05) is 6.54 Å². The van der Waals surface area contributed by atoms with Crippen molar-refractivity contribution >= 4 is 5.91 Å². The predicted molar refractivity (Wildman–Crippen MR) is 71.8 cm³/mol. The molecule has 0 aromatic carbocycles. The van der Waals surface area contributed by atoms with E-state index in [9.17, 15) is 4.79 Å². The monoisotopic (exact) mass is 263 g/mol. The van der Waals surface area contributed by atoms with E-state index < -0.39 is 6.04 Å². The number of rotatable bonds is 5. The Labute approximate surface area is 114 Å². The van der Waals surface area contributed by atoms with Gasteiger partial charge >= 0.3 is 0 Å². The van der Waals surface area contributed by atoms with E-state index in [4.69, 9.17) is 15.4 Å². The molecule has 0 radical (unpaired) electrons. The van der Waals surface area contributed by atoms with Crippen molar-refractivity contribution in [2.24, 2.45) is 11.1 Å². The highest BCUT2D eigenvalue weighted by Crippen LogP contribution is 2.20. The Hall–Kier alpha value is -1.80. The lowest BCUT2D eigenvalue weighted by Gasteiger charge is -2.31. The van der Waals surface area contributed by atoms with Crippen LogP contribution in [0.15, 0.2) is 22.8 Å². The first-order valence-corrected chi connectivity index (χ1v) is 6.30. The lowest BCUT2D eigenvalue weighted by Crippen LogP contribution is -2.50. The average Bonchev–Trinajstić information content (AvgIpc) is 2.84. The minimum absolute atomic E-state index is 0.154. The summed E-state index contributed by atoms with van der Waals surface area (Å²) < 4.78 is 5.24. The normalized spacial score (nSPS) is 12.8. The highest BCUT2D eigenvalue weighted by atomic mass is 16.3. The van der Waals surface area contributed by atoms with E-state index in [1.165, 1.54) is 0 Å². The maximum absolute atomic E-state index is 12.4. The van der Waals surface area contributed by atoms with Gasteiger partial charge in [0.25, 0.3) is 0 Å². The molecule has 0 aliphatic rings. The molecule has 0 aliphatic carbocycles. The molecule has 1 aromatic rings. The van der Waals surface area contributed by atoms with Gasteiger partial charge in [-0.3, -0.25) is 4.79 Å². The number of furan rings is 1. The van der Waals surface area contributed by atoms with Crippen LogP contribution in [0.25, 0.3) is 0 Å². The van der Waals surface area contributed by atoms with Crippen LogP contribution in [-0.2, 0) is 11.3 Å². The Morgan fingerprint density at radius 3 is 2.74 bits per heavy atom. The van der Waals surface area contributed by atoms with Crippen molar-refractivity contribution in [3.05, 3.63) is 24.2 Å². The second-order valence-corrected chi connectivity index (χ2v) is 5.59. The molecule has 0 unspecified atom stereocenters. The van der Waals surface area contributed by atoms with Crippen molar-refractivity contribution in [1.29, 1.82) is 5.26 Å². The van der Waals surface area contributed by atoms with Gasteiger partial charge in [-0.25, -0.2) is 0 Å². The van der Waals surface area contributed by atoms with E-state index in [0.717, 1.165) is 0 Å². The fourth-order valence-electron chi connectivity index (χ4n) is 1.61. The molecule has 5 nitrogen and oxygen atoms in total. The van der Waals surface area contributed by atoms with Crippen LogP contribution in [0.4, 0.5) is 0 Å². The van der Waals surface area contributed by atoms with E-state index >= 15 is 0 Å². The standard InChI is InChI=1S/C14H21N3O2/c1-14(2,3)12(16)13(18)17(8-5-7-15)10-11-6-4-9-19-11/h4,6,9,12H,5,8,10,16H2,1-3H3/t12-/m0/s1. The Bertz CT molecular complexity index is 440. The quantitative estimate of drug-likeness (QED) is 0.879. The Morgan fingerprint density at radius 1 is 1.58 bits per heavy atom. The molecule has 1 amide bonds. The van der Waals surface area contributed by atoms with Gasteiger partial charge < -0.3 is 15.1 Å². The summed E-state index contributed by atoms with van der Waals surface area (Å²) in [5, 5.41) is 8.68.